The number of ether oxygens (including phenoxy) is 1. The second-order valence-corrected chi connectivity index (χ2v) is 7.25. The number of anilines is 1. The van der Waals surface area contributed by atoms with Gasteiger partial charge in [-0.15, -0.1) is 10.2 Å². The van der Waals surface area contributed by atoms with E-state index in [2.05, 4.69) is 15.5 Å². The molecule has 0 bridgehead atoms. The first-order chi connectivity index (χ1) is 13.4. The lowest BCUT2D eigenvalue weighted by Gasteiger charge is -2.12. The molecule has 0 aliphatic heterocycles. The fourth-order valence-electron chi connectivity index (χ4n) is 2.52. The summed E-state index contributed by atoms with van der Waals surface area (Å²) in [5, 5.41) is 10.7. The van der Waals surface area contributed by atoms with Crippen LogP contribution in [0.1, 0.15) is 6.92 Å². The lowest BCUT2D eigenvalue weighted by molar-refractivity contribution is -0.115. The molecular formula is C19H18F2N4O2S. The van der Waals surface area contributed by atoms with E-state index in [0.29, 0.717) is 16.7 Å². The number of carbonyl (C=O) groups is 1. The highest BCUT2D eigenvalue weighted by Crippen LogP contribution is 2.31. The molecular weight excluding hydrogens is 386 g/mol. The Labute approximate surface area is 164 Å². The zero-order valence-corrected chi connectivity index (χ0v) is 16.3. The Morgan fingerprint density at radius 3 is 2.68 bits per heavy atom. The topological polar surface area (TPSA) is 69.0 Å². The molecule has 0 radical (unpaired) electrons. The Morgan fingerprint density at radius 2 is 1.96 bits per heavy atom. The summed E-state index contributed by atoms with van der Waals surface area (Å²) in [5.74, 6) is -0.717. The second kappa shape index (κ2) is 8.39. The van der Waals surface area contributed by atoms with Gasteiger partial charge in [-0.05, 0) is 31.2 Å². The average Bonchev–Trinajstić information content (AvgIpc) is 3.04. The van der Waals surface area contributed by atoms with E-state index in [1.54, 1.807) is 25.6 Å². The van der Waals surface area contributed by atoms with Crippen molar-refractivity contribution in [3.8, 4) is 17.1 Å². The molecule has 0 fully saturated rings. The molecule has 146 valence electrons. The van der Waals surface area contributed by atoms with Crippen LogP contribution in [0, 0.1) is 11.6 Å². The third-order valence-corrected chi connectivity index (χ3v) is 5.16. The van der Waals surface area contributed by atoms with Crippen LogP contribution in [0.2, 0.25) is 0 Å². The van der Waals surface area contributed by atoms with Gasteiger partial charge in [0.2, 0.25) is 5.91 Å². The monoisotopic (exact) mass is 404 g/mol. The summed E-state index contributed by atoms with van der Waals surface area (Å²) in [4.78, 5) is 12.4. The molecule has 3 aromatic rings. The van der Waals surface area contributed by atoms with Crippen LogP contribution in [0.15, 0.2) is 47.6 Å². The zero-order chi connectivity index (χ0) is 20.3. The quantitative estimate of drug-likeness (QED) is 0.632. The minimum Gasteiger partial charge on any atom is -0.496 e. The lowest BCUT2D eigenvalue weighted by atomic mass is 10.2. The molecule has 2 aromatic carbocycles. The van der Waals surface area contributed by atoms with Gasteiger partial charge in [-0.2, -0.15) is 0 Å². The Kier molecular flexibility index (Phi) is 5.93. The predicted molar refractivity (Wildman–Crippen MR) is 103 cm³/mol. The zero-order valence-electron chi connectivity index (χ0n) is 15.4. The number of hydrogen-bond acceptors (Lipinski definition) is 5. The number of benzene rings is 2. The number of rotatable bonds is 6. The number of nitrogens with one attached hydrogen (secondary N) is 1. The van der Waals surface area contributed by atoms with Crippen molar-refractivity contribution < 1.29 is 18.3 Å². The molecule has 3 rings (SSSR count). The van der Waals surface area contributed by atoms with Crippen molar-refractivity contribution in [3.05, 3.63) is 54.1 Å². The smallest absolute Gasteiger partial charge is 0.237 e. The summed E-state index contributed by atoms with van der Waals surface area (Å²) in [6.45, 7) is 1.67. The van der Waals surface area contributed by atoms with Crippen molar-refractivity contribution in [1.82, 2.24) is 14.8 Å². The maximum absolute atomic E-state index is 13.7. The van der Waals surface area contributed by atoms with E-state index in [4.69, 9.17) is 4.74 Å². The normalized spacial score (nSPS) is 11.9. The molecule has 6 nitrogen and oxygen atoms in total. The molecule has 1 heterocycles. The molecule has 0 saturated heterocycles. The van der Waals surface area contributed by atoms with Crippen LogP contribution in [0.5, 0.6) is 5.75 Å². The van der Waals surface area contributed by atoms with E-state index in [1.807, 2.05) is 24.3 Å². The predicted octanol–water partition coefficient (Wildman–Crippen LogP) is 3.89. The second-order valence-electron chi connectivity index (χ2n) is 5.94. The highest BCUT2D eigenvalue weighted by molar-refractivity contribution is 8.00. The largest absolute Gasteiger partial charge is 0.496 e. The Balaban J connectivity index is 1.75. The van der Waals surface area contributed by atoms with Gasteiger partial charge in [-0.1, -0.05) is 23.9 Å². The first kappa shape index (κ1) is 19.8. The van der Waals surface area contributed by atoms with Gasteiger partial charge in [0.25, 0.3) is 0 Å². The van der Waals surface area contributed by atoms with Crippen LogP contribution in [-0.2, 0) is 11.8 Å². The van der Waals surface area contributed by atoms with E-state index in [9.17, 15) is 13.6 Å². The number of methoxy groups -OCH3 is 1. The third kappa shape index (κ3) is 4.14. The van der Waals surface area contributed by atoms with Crippen LogP contribution in [-0.4, -0.2) is 33.0 Å². The van der Waals surface area contributed by atoms with Gasteiger partial charge < -0.3 is 14.6 Å². The summed E-state index contributed by atoms with van der Waals surface area (Å²) in [7, 11) is 3.36. The SMILES string of the molecule is COc1ccccc1-c1nnc(S[C@H](C)C(=O)Nc2ccc(F)cc2F)n1C. The number of halogens is 2. The average molecular weight is 404 g/mol. The molecule has 1 aromatic heterocycles. The molecule has 0 spiro atoms. The van der Waals surface area contributed by atoms with E-state index < -0.39 is 22.8 Å². The Morgan fingerprint density at radius 1 is 1.21 bits per heavy atom. The standard InChI is InChI=1S/C19H18F2N4O2S/c1-11(18(26)22-15-9-8-12(20)10-14(15)21)28-19-24-23-17(25(19)2)13-6-4-5-7-16(13)27-3/h4-11H,1-3H3,(H,22,26)/t11-/m1/s1. The van der Waals surface area contributed by atoms with Gasteiger partial charge in [-0.3, -0.25) is 4.79 Å². The molecule has 9 heteroatoms. The van der Waals surface area contributed by atoms with Gasteiger partial charge in [0, 0.05) is 13.1 Å². The summed E-state index contributed by atoms with van der Waals surface area (Å²) >= 11 is 1.18. The maximum Gasteiger partial charge on any atom is 0.237 e. The van der Waals surface area contributed by atoms with Crippen molar-refractivity contribution in [2.75, 3.05) is 12.4 Å². The molecule has 0 unspecified atom stereocenters. The van der Waals surface area contributed by atoms with Crippen LogP contribution in [0.4, 0.5) is 14.5 Å². The molecule has 1 N–H and O–H groups in total. The van der Waals surface area contributed by atoms with Crippen molar-refractivity contribution in [3.63, 3.8) is 0 Å². The highest BCUT2D eigenvalue weighted by atomic mass is 32.2. The van der Waals surface area contributed by atoms with Crippen LogP contribution >= 0.6 is 11.8 Å². The number of nitrogens with zero attached hydrogens (tertiary/aromatic N) is 3. The van der Waals surface area contributed by atoms with Crippen molar-refractivity contribution in [2.45, 2.75) is 17.3 Å². The fraction of sp³-hybridized carbons (Fsp3) is 0.211. The summed E-state index contributed by atoms with van der Waals surface area (Å²) in [6.07, 6.45) is 0. The Bertz CT molecular complexity index is 1010. The lowest BCUT2D eigenvalue weighted by Crippen LogP contribution is -2.23. The van der Waals surface area contributed by atoms with E-state index in [1.165, 1.54) is 17.8 Å². The van der Waals surface area contributed by atoms with Crippen molar-refractivity contribution in [2.24, 2.45) is 7.05 Å². The van der Waals surface area contributed by atoms with Crippen LogP contribution in [0.25, 0.3) is 11.4 Å². The van der Waals surface area contributed by atoms with Crippen LogP contribution < -0.4 is 10.1 Å². The Hall–Kier alpha value is -2.94. The molecule has 28 heavy (non-hydrogen) atoms. The number of para-hydroxylation sites is 1. The third-order valence-electron chi connectivity index (χ3n) is 4.02. The number of amides is 1. The van der Waals surface area contributed by atoms with E-state index in [-0.39, 0.29) is 5.69 Å². The van der Waals surface area contributed by atoms with E-state index >= 15 is 0 Å². The molecule has 0 aliphatic rings. The number of carbonyl (C=O) groups excluding carboxylic acids is 1. The number of thioether (sulfide) groups is 1. The molecule has 1 atom stereocenters. The fourth-order valence-corrected chi connectivity index (χ4v) is 3.33. The first-order valence-electron chi connectivity index (χ1n) is 8.36. The van der Waals surface area contributed by atoms with Crippen molar-refractivity contribution >= 4 is 23.4 Å². The molecule has 0 aliphatic carbocycles. The molecule has 1 amide bonds. The summed E-state index contributed by atoms with van der Waals surface area (Å²) in [6, 6.07) is 10.4. The van der Waals surface area contributed by atoms with Gasteiger partial charge >= 0.3 is 0 Å². The summed E-state index contributed by atoms with van der Waals surface area (Å²) < 4.78 is 33.8. The van der Waals surface area contributed by atoms with Gasteiger partial charge in [0.05, 0.1) is 23.6 Å². The van der Waals surface area contributed by atoms with Gasteiger partial charge in [0.15, 0.2) is 11.0 Å². The number of hydrogen-bond donors (Lipinski definition) is 1. The maximum atomic E-state index is 13.7. The van der Waals surface area contributed by atoms with Gasteiger partial charge in [0.1, 0.15) is 17.4 Å². The van der Waals surface area contributed by atoms with Crippen LogP contribution in [0.3, 0.4) is 0 Å². The minimum atomic E-state index is -0.831. The van der Waals surface area contributed by atoms with Crippen molar-refractivity contribution in [1.29, 1.82) is 0 Å². The molecule has 0 saturated carbocycles. The minimum absolute atomic E-state index is 0.0773. The highest BCUT2D eigenvalue weighted by Gasteiger charge is 2.21. The first-order valence-corrected chi connectivity index (χ1v) is 9.24. The number of aromatic nitrogens is 3. The summed E-state index contributed by atoms with van der Waals surface area (Å²) in [5.41, 5.74) is 0.698. The van der Waals surface area contributed by atoms with E-state index in [0.717, 1.165) is 17.7 Å². The van der Waals surface area contributed by atoms with Gasteiger partial charge in [-0.25, -0.2) is 8.78 Å².